The van der Waals surface area contributed by atoms with Crippen molar-refractivity contribution in [3.63, 3.8) is 0 Å². The van der Waals surface area contributed by atoms with E-state index in [4.69, 9.17) is 0 Å². The number of aromatic nitrogens is 3. The predicted molar refractivity (Wildman–Crippen MR) is 240 cm³/mol. The van der Waals surface area contributed by atoms with Gasteiger partial charge in [-0.1, -0.05) is 6.07 Å². The molecule has 64 heavy (non-hydrogen) atoms. The van der Waals surface area contributed by atoms with E-state index in [1.165, 1.54) is 18.6 Å². The summed E-state index contributed by atoms with van der Waals surface area (Å²) in [5.41, 5.74) is 6.22. The van der Waals surface area contributed by atoms with Gasteiger partial charge < -0.3 is 45.5 Å². The molecular weight excluding hydrogens is 864 g/mol. The number of aromatic hydroxyl groups is 4. The summed E-state index contributed by atoms with van der Waals surface area (Å²) in [7, 11) is -8.44. The van der Waals surface area contributed by atoms with E-state index < -0.39 is 53.4 Å². The zero-order chi connectivity index (χ0) is 46.5. The lowest BCUT2D eigenvalue weighted by molar-refractivity contribution is 0.193. The molecule has 2 atom stereocenters. The third kappa shape index (κ3) is 11.9. The number of phenols is 1. The molecule has 1 saturated heterocycles. The number of aliphatic hydroxyl groups is 3. The fourth-order valence-electron chi connectivity index (χ4n) is 8.90. The summed E-state index contributed by atoms with van der Waals surface area (Å²) in [6.45, 7) is 5.20. The van der Waals surface area contributed by atoms with Crippen molar-refractivity contribution in [3.8, 4) is 23.0 Å². The molecule has 6 rings (SSSR count). The summed E-state index contributed by atoms with van der Waals surface area (Å²) in [6.07, 6.45) is 6.22. The molecule has 2 aliphatic rings. The van der Waals surface area contributed by atoms with Crippen LogP contribution in [0.2, 0.25) is 0 Å². The maximum Gasteiger partial charge on any atom is 0.227 e. The van der Waals surface area contributed by atoms with Crippen LogP contribution in [0, 0.1) is 27.7 Å². The third-order valence-corrected chi connectivity index (χ3v) is 15.8. The Morgan fingerprint density at radius 2 is 0.844 bits per heavy atom. The van der Waals surface area contributed by atoms with Crippen LogP contribution in [-0.2, 0) is 68.0 Å². The van der Waals surface area contributed by atoms with Gasteiger partial charge in [-0.25, -0.2) is 0 Å². The summed E-state index contributed by atoms with van der Waals surface area (Å²) in [5.74, 6) is -0.437. The van der Waals surface area contributed by atoms with Crippen LogP contribution < -0.4 is 0 Å². The zero-order valence-electron chi connectivity index (χ0n) is 37.1. The van der Waals surface area contributed by atoms with Crippen molar-refractivity contribution in [3.05, 3.63) is 97.4 Å². The van der Waals surface area contributed by atoms with Crippen molar-refractivity contribution >= 4 is 14.7 Å². The van der Waals surface area contributed by atoms with E-state index in [1.54, 1.807) is 40.4 Å². The standard InChI is InChI=1S/C44H63N7O11P2/c1-28-13-32-7-5-6-8-36(32)40(41(28)55)20-51-12-11-50(19-39-35(23-54)16-47-31(4)44(39)58)25-63(59,60)24-48(17-37-33(21-52)14-45-29(2)42(37)56)9-10-49(26-64(61,62)27-51)18-38-34(22-53)15-46-30(3)43(38)57/h13-16,52-58H,5-12,17-27H2,1-4H3,(H,59,60)(H,61,62). The molecule has 18 nitrogen and oxygen atoms in total. The number of hydrogen-bond acceptors (Lipinski definition) is 16. The summed E-state index contributed by atoms with van der Waals surface area (Å²) in [4.78, 5) is 43.4. The Kier molecular flexibility index (Phi) is 16.3. The first-order chi connectivity index (χ1) is 30.3. The van der Waals surface area contributed by atoms with Gasteiger partial charge in [-0.15, -0.1) is 0 Å². The second-order valence-electron chi connectivity index (χ2n) is 17.4. The van der Waals surface area contributed by atoms with Crippen molar-refractivity contribution in [1.82, 2.24) is 34.6 Å². The first-order valence-electron chi connectivity index (χ1n) is 21.5. The van der Waals surface area contributed by atoms with Crippen LogP contribution in [-0.4, -0.2) is 131 Å². The van der Waals surface area contributed by atoms with Gasteiger partial charge in [-0.3, -0.25) is 43.7 Å². The monoisotopic (exact) mass is 927 g/mol. The minimum atomic E-state index is -4.24. The van der Waals surface area contributed by atoms with Crippen LogP contribution in [0.4, 0.5) is 0 Å². The van der Waals surface area contributed by atoms with E-state index >= 15 is 0 Å². The SMILES string of the molecule is Cc1cc2c(c(CN3CCN(Cc4c(CO)cnc(C)c4O)CP(=O)(O)CN(Cc4c(CO)cnc(C)c4O)CCN(Cc4c(CO)cnc(C)c4O)CP(=O)(O)C3)c1O)CCCC2. The molecule has 0 radical (unpaired) electrons. The smallest absolute Gasteiger partial charge is 0.227 e. The maximum atomic E-state index is 14.8. The molecule has 1 fully saturated rings. The number of aliphatic hydroxyl groups excluding tert-OH is 3. The second kappa shape index (κ2) is 21.1. The van der Waals surface area contributed by atoms with Crippen molar-refractivity contribution < 1.29 is 54.7 Å². The van der Waals surface area contributed by atoms with E-state index in [0.717, 1.165) is 36.8 Å². The van der Waals surface area contributed by atoms with E-state index in [0.29, 0.717) is 55.9 Å². The lowest BCUT2D eigenvalue weighted by Crippen LogP contribution is -2.41. The van der Waals surface area contributed by atoms with Gasteiger partial charge in [0.05, 0.1) is 62.0 Å². The van der Waals surface area contributed by atoms with Crippen molar-refractivity contribution in [1.29, 1.82) is 0 Å². The predicted octanol–water partition coefficient (Wildman–Crippen LogP) is 3.98. The fraction of sp³-hybridized carbons (Fsp3) is 0.523. The normalized spacial score (nSPS) is 21.5. The number of pyridine rings is 3. The minimum absolute atomic E-state index is 0.00152. The quantitative estimate of drug-likeness (QED) is 0.0963. The van der Waals surface area contributed by atoms with E-state index in [2.05, 4.69) is 15.0 Å². The molecule has 350 valence electrons. The average Bonchev–Trinajstić information content (AvgIpc) is 3.24. The van der Waals surface area contributed by atoms with E-state index in [1.807, 2.05) is 13.0 Å². The number of aryl methyl sites for hydroxylation is 5. The third-order valence-electron chi connectivity index (χ3n) is 12.4. The minimum Gasteiger partial charge on any atom is -0.507 e. The Morgan fingerprint density at radius 3 is 1.19 bits per heavy atom. The van der Waals surface area contributed by atoms with Gasteiger partial charge in [0, 0.05) is 110 Å². The van der Waals surface area contributed by atoms with E-state index in [-0.39, 0.29) is 87.3 Å². The second-order valence-corrected chi connectivity index (χ2v) is 21.9. The highest BCUT2D eigenvalue weighted by Crippen LogP contribution is 2.46. The first kappa shape index (κ1) is 49.4. The Labute approximate surface area is 374 Å². The zero-order valence-corrected chi connectivity index (χ0v) is 38.9. The number of phenolic OH excluding ortho intramolecular Hbond substituents is 1. The summed E-state index contributed by atoms with van der Waals surface area (Å²) in [5, 5.41) is 75.8. The van der Waals surface area contributed by atoms with Gasteiger partial charge in [0.25, 0.3) is 0 Å². The fourth-order valence-corrected chi connectivity index (χ4v) is 12.5. The van der Waals surface area contributed by atoms with Crippen molar-refractivity contribution in [2.24, 2.45) is 0 Å². The number of nitrogens with zero attached hydrogens (tertiary/aromatic N) is 7. The molecular formula is C44H63N7O11P2. The number of fused-ring (bicyclic) bond motifs is 1. The molecule has 0 spiro atoms. The molecule has 0 amide bonds. The molecule has 3 aromatic heterocycles. The van der Waals surface area contributed by atoms with Gasteiger partial charge in [-0.2, -0.15) is 0 Å². The summed E-state index contributed by atoms with van der Waals surface area (Å²) in [6, 6.07) is 2.00. The molecule has 1 aliphatic heterocycles. The van der Waals surface area contributed by atoms with Crippen LogP contribution in [0.25, 0.3) is 0 Å². The van der Waals surface area contributed by atoms with E-state index in [9.17, 15) is 54.7 Å². The van der Waals surface area contributed by atoms with Crippen LogP contribution in [0.15, 0.2) is 24.7 Å². The van der Waals surface area contributed by atoms with Gasteiger partial charge in [0.2, 0.25) is 14.7 Å². The van der Waals surface area contributed by atoms with Gasteiger partial charge in [-0.05, 0) is 70.1 Å². The average molecular weight is 928 g/mol. The molecule has 1 aromatic carbocycles. The lowest BCUT2D eigenvalue weighted by atomic mass is 9.86. The van der Waals surface area contributed by atoms with Crippen LogP contribution in [0.5, 0.6) is 23.0 Å². The van der Waals surface area contributed by atoms with Gasteiger partial charge in [0.1, 0.15) is 23.0 Å². The summed E-state index contributed by atoms with van der Waals surface area (Å²) < 4.78 is 29.5. The molecule has 20 heteroatoms. The topological polar surface area (TPSA) is 268 Å². The first-order valence-corrected chi connectivity index (χ1v) is 25.5. The Balaban J connectivity index is 1.45. The Bertz CT molecular complexity index is 2420. The largest absolute Gasteiger partial charge is 0.507 e. The van der Waals surface area contributed by atoms with Crippen LogP contribution >= 0.6 is 14.7 Å². The molecule has 2 unspecified atom stereocenters. The molecule has 9 N–H and O–H groups in total. The van der Waals surface area contributed by atoms with Gasteiger partial charge >= 0.3 is 0 Å². The van der Waals surface area contributed by atoms with Crippen molar-refractivity contribution in [2.45, 2.75) is 99.4 Å². The van der Waals surface area contributed by atoms with Crippen LogP contribution in [0.3, 0.4) is 0 Å². The lowest BCUT2D eigenvalue weighted by Gasteiger charge is -2.36. The Hall–Kier alpha value is -4.03. The molecule has 0 bridgehead atoms. The highest BCUT2D eigenvalue weighted by Gasteiger charge is 2.34. The highest BCUT2D eigenvalue weighted by atomic mass is 31.2. The number of benzene rings is 1. The molecule has 1 aliphatic carbocycles. The van der Waals surface area contributed by atoms with Gasteiger partial charge in [0.15, 0.2) is 0 Å². The highest BCUT2D eigenvalue weighted by molar-refractivity contribution is 7.58. The number of rotatable bonds is 11. The molecule has 0 saturated carbocycles. The molecule has 4 aromatic rings. The maximum absolute atomic E-state index is 14.8. The summed E-state index contributed by atoms with van der Waals surface area (Å²) >= 11 is 0. The van der Waals surface area contributed by atoms with Crippen LogP contribution in [0.1, 0.15) is 85.6 Å². The Morgan fingerprint density at radius 1 is 0.516 bits per heavy atom. The van der Waals surface area contributed by atoms with Crippen molar-refractivity contribution in [2.75, 3.05) is 51.3 Å². The molecule has 4 heterocycles. The number of hydrogen-bond donors (Lipinski definition) is 9.